The molecule has 1 rings (SSSR count). The van der Waals surface area contributed by atoms with Crippen molar-refractivity contribution in [1.29, 1.82) is 0 Å². The summed E-state index contributed by atoms with van der Waals surface area (Å²) in [6, 6.07) is 1.36. The van der Waals surface area contributed by atoms with Gasteiger partial charge in [0.25, 0.3) is 0 Å². The molecule has 0 atom stereocenters. The molecule has 0 bridgehead atoms. The summed E-state index contributed by atoms with van der Waals surface area (Å²) in [6.07, 6.45) is 2.92. The molecule has 0 saturated carbocycles. The summed E-state index contributed by atoms with van der Waals surface area (Å²) in [6.45, 7) is 3.86. The zero-order valence-corrected chi connectivity index (χ0v) is 12.7. The number of aromatic nitrogens is 1. The number of hydrogen-bond donors (Lipinski definition) is 1. The van der Waals surface area contributed by atoms with Crippen molar-refractivity contribution in [2.75, 3.05) is 0 Å². The SMILES string of the molecule is CCC(CC)NS(=O)(=O)c1cc(Br)cnc1Cl. The molecule has 1 N–H and O–H groups in total. The van der Waals surface area contributed by atoms with Crippen LogP contribution in [-0.2, 0) is 10.0 Å². The molecule has 0 spiro atoms. The minimum absolute atomic E-state index is 0.000409. The van der Waals surface area contributed by atoms with Gasteiger partial charge in [-0.25, -0.2) is 18.1 Å². The molecule has 1 aromatic heterocycles. The molecule has 0 aliphatic carbocycles. The van der Waals surface area contributed by atoms with Gasteiger partial charge in [-0.15, -0.1) is 0 Å². The second kappa shape index (κ2) is 6.13. The van der Waals surface area contributed by atoms with Crippen LogP contribution in [0.1, 0.15) is 26.7 Å². The van der Waals surface area contributed by atoms with Crippen molar-refractivity contribution in [2.24, 2.45) is 0 Å². The van der Waals surface area contributed by atoms with Gasteiger partial charge in [-0.05, 0) is 34.8 Å². The Hall–Kier alpha value is -0.170. The lowest BCUT2D eigenvalue weighted by molar-refractivity contribution is 0.530. The van der Waals surface area contributed by atoms with E-state index >= 15 is 0 Å². The van der Waals surface area contributed by atoms with Gasteiger partial charge in [-0.2, -0.15) is 0 Å². The lowest BCUT2D eigenvalue weighted by atomic mass is 10.2. The number of halogens is 2. The average Bonchev–Trinajstić information content (AvgIpc) is 2.29. The topological polar surface area (TPSA) is 59.1 Å². The van der Waals surface area contributed by atoms with Crippen LogP contribution in [0.25, 0.3) is 0 Å². The molecule has 96 valence electrons. The van der Waals surface area contributed by atoms with Crippen molar-refractivity contribution in [2.45, 2.75) is 37.6 Å². The molecule has 0 unspecified atom stereocenters. The molecule has 17 heavy (non-hydrogen) atoms. The minimum Gasteiger partial charge on any atom is -0.242 e. The van der Waals surface area contributed by atoms with E-state index in [4.69, 9.17) is 11.6 Å². The Morgan fingerprint density at radius 2 is 2.06 bits per heavy atom. The first-order valence-corrected chi connectivity index (χ1v) is 7.89. The van der Waals surface area contributed by atoms with Gasteiger partial charge in [0.15, 0.2) is 0 Å². The highest BCUT2D eigenvalue weighted by atomic mass is 79.9. The summed E-state index contributed by atoms with van der Waals surface area (Å²) in [4.78, 5) is 3.80. The van der Waals surface area contributed by atoms with Gasteiger partial charge in [0.1, 0.15) is 10.0 Å². The van der Waals surface area contributed by atoms with Gasteiger partial charge >= 0.3 is 0 Å². The molecule has 1 aromatic rings. The van der Waals surface area contributed by atoms with E-state index in [1.807, 2.05) is 13.8 Å². The van der Waals surface area contributed by atoms with Gasteiger partial charge in [0.2, 0.25) is 10.0 Å². The Kier molecular flexibility index (Phi) is 5.37. The summed E-state index contributed by atoms with van der Waals surface area (Å²) in [7, 11) is -3.61. The molecule has 4 nitrogen and oxygen atoms in total. The molecule has 0 aliphatic heterocycles. The highest BCUT2D eigenvalue weighted by Gasteiger charge is 2.21. The summed E-state index contributed by atoms with van der Waals surface area (Å²) in [5.74, 6) is 0. The third kappa shape index (κ3) is 3.91. The van der Waals surface area contributed by atoms with Gasteiger partial charge in [0.05, 0.1) is 0 Å². The molecule has 0 radical (unpaired) electrons. The molecule has 0 saturated heterocycles. The fourth-order valence-corrected chi connectivity index (χ4v) is 3.68. The lowest BCUT2D eigenvalue weighted by Crippen LogP contribution is -2.34. The van der Waals surface area contributed by atoms with Crippen molar-refractivity contribution >= 4 is 37.6 Å². The van der Waals surface area contributed by atoms with Crippen LogP contribution in [0.15, 0.2) is 21.6 Å². The minimum atomic E-state index is -3.61. The fourth-order valence-electron chi connectivity index (χ4n) is 1.33. The predicted octanol–water partition coefficient (Wildman–Crippen LogP) is 2.96. The van der Waals surface area contributed by atoms with E-state index in [9.17, 15) is 8.42 Å². The maximum absolute atomic E-state index is 12.1. The second-order valence-corrected chi connectivity index (χ2v) is 6.53. The number of sulfonamides is 1. The van der Waals surface area contributed by atoms with E-state index < -0.39 is 10.0 Å². The van der Waals surface area contributed by atoms with Crippen LogP contribution in [0.5, 0.6) is 0 Å². The van der Waals surface area contributed by atoms with Gasteiger partial charge in [-0.3, -0.25) is 0 Å². The van der Waals surface area contributed by atoms with Crippen molar-refractivity contribution in [3.63, 3.8) is 0 Å². The lowest BCUT2D eigenvalue weighted by Gasteiger charge is -2.15. The average molecular weight is 342 g/mol. The molecule has 0 aromatic carbocycles. The standard InChI is InChI=1S/C10H14BrClN2O2S/c1-3-8(4-2)14-17(15,16)9-5-7(11)6-13-10(9)12/h5-6,8,14H,3-4H2,1-2H3. The van der Waals surface area contributed by atoms with Crippen LogP contribution in [-0.4, -0.2) is 19.4 Å². The molecule has 0 amide bonds. The largest absolute Gasteiger partial charge is 0.243 e. The Labute approximate surface area is 115 Å². The first-order valence-electron chi connectivity index (χ1n) is 5.24. The summed E-state index contributed by atoms with van der Waals surface area (Å²) >= 11 is 8.98. The summed E-state index contributed by atoms with van der Waals surface area (Å²) in [5.41, 5.74) is 0. The first kappa shape index (κ1) is 14.9. The molecule has 1 heterocycles. The number of rotatable bonds is 5. The Morgan fingerprint density at radius 1 is 1.47 bits per heavy atom. The zero-order chi connectivity index (χ0) is 13.1. The monoisotopic (exact) mass is 340 g/mol. The molecule has 0 aliphatic rings. The summed E-state index contributed by atoms with van der Waals surface area (Å²) in [5, 5.41) is -0.0216. The third-order valence-electron chi connectivity index (χ3n) is 2.37. The molecule has 0 fully saturated rings. The fraction of sp³-hybridized carbons (Fsp3) is 0.500. The summed E-state index contributed by atoms with van der Waals surface area (Å²) < 4.78 is 27.3. The van der Waals surface area contributed by atoms with Gasteiger partial charge in [-0.1, -0.05) is 25.4 Å². The van der Waals surface area contributed by atoms with E-state index in [1.54, 1.807) is 0 Å². The first-order chi connectivity index (χ1) is 7.90. The Morgan fingerprint density at radius 3 is 2.59 bits per heavy atom. The van der Waals surface area contributed by atoms with E-state index in [2.05, 4.69) is 25.6 Å². The van der Waals surface area contributed by atoms with Crippen molar-refractivity contribution in [3.05, 3.63) is 21.9 Å². The van der Waals surface area contributed by atoms with Gasteiger partial charge < -0.3 is 0 Å². The highest BCUT2D eigenvalue weighted by Crippen LogP contribution is 2.23. The molecule has 7 heteroatoms. The van der Waals surface area contributed by atoms with E-state index in [1.165, 1.54) is 12.3 Å². The quantitative estimate of drug-likeness (QED) is 0.838. The van der Waals surface area contributed by atoms with Crippen LogP contribution in [0.2, 0.25) is 5.15 Å². The second-order valence-electron chi connectivity index (χ2n) is 3.58. The van der Waals surface area contributed by atoms with Crippen LogP contribution in [0, 0.1) is 0 Å². The van der Waals surface area contributed by atoms with E-state index in [0.29, 0.717) is 4.47 Å². The normalized spacial score (nSPS) is 12.1. The smallest absolute Gasteiger partial charge is 0.242 e. The van der Waals surface area contributed by atoms with Crippen LogP contribution in [0.4, 0.5) is 0 Å². The molecular formula is C10H14BrClN2O2S. The third-order valence-corrected chi connectivity index (χ3v) is 4.75. The maximum atomic E-state index is 12.1. The molecular weight excluding hydrogens is 328 g/mol. The van der Waals surface area contributed by atoms with Crippen LogP contribution >= 0.6 is 27.5 Å². The zero-order valence-electron chi connectivity index (χ0n) is 9.57. The van der Waals surface area contributed by atoms with Crippen molar-refractivity contribution in [3.8, 4) is 0 Å². The number of pyridine rings is 1. The Balaban J connectivity index is 3.09. The van der Waals surface area contributed by atoms with E-state index in [0.717, 1.165) is 12.8 Å². The van der Waals surface area contributed by atoms with Crippen molar-refractivity contribution < 1.29 is 8.42 Å². The number of hydrogen-bond acceptors (Lipinski definition) is 3. The van der Waals surface area contributed by atoms with Crippen LogP contribution in [0.3, 0.4) is 0 Å². The van der Waals surface area contributed by atoms with Gasteiger partial charge in [0, 0.05) is 16.7 Å². The predicted molar refractivity (Wildman–Crippen MR) is 71.6 cm³/mol. The van der Waals surface area contributed by atoms with Crippen molar-refractivity contribution in [1.82, 2.24) is 9.71 Å². The Bertz CT molecular complexity index is 489. The van der Waals surface area contributed by atoms with Crippen LogP contribution < -0.4 is 4.72 Å². The van der Waals surface area contributed by atoms with E-state index in [-0.39, 0.29) is 16.1 Å². The number of nitrogens with one attached hydrogen (secondary N) is 1. The maximum Gasteiger partial charge on any atom is 0.243 e. The number of nitrogens with zero attached hydrogens (tertiary/aromatic N) is 1. The highest BCUT2D eigenvalue weighted by molar-refractivity contribution is 9.10.